The number of nitrogens with one attached hydrogen (secondary N) is 1. The highest BCUT2D eigenvalue weighted by atomic mass is 16.5. The third kappa shape index (κ3) is 3.81. The van der Waals surface area contributed by atoms with E-state index in [0.29, 0.717) is 12.6 Å². The molecule has 15 heavy (non-hydrogen) atoms. The van der Waals surface area contributed by atoms with E-state index in [-0.39, 0.29) is 6.04 Å². The molecule has 0 radical (unpaired) electrons. The van der Waals surface area contributed by atoms with E-state index in [0.717, 1.165) is 12.5 Å². The molecular formula is C12H20N2O. The molecule has 84 valence electrons. The van der Waals surface area contributed by atoms with Crippen molar-refractivity contribution in [2.75, 3.05) is 13.2 Å². The molecule has 2 aliphatic rings. The third-order valence-corrected chi connectivity index (χ3v) is 3.28. The Morgan fingerprint density at radius 3 is 2.60 bits per heavy atom. The molecule has 1 N–H and O–H groups in total. The Hall–Kier alpha value is -0.590. The molecule has 2 aliphatic carbocycles. The summed E-state index contributed by atoms with van der Waals surface area (Å²) in [6.07, 6.45) is 7.79. The van der Waals surface area contributed by atoms with Gasteiger partial charge in [0.25, 0.3) is 0 Å². The van der Waals surface area contributed by atoms with Gasteiger partial charge in [-0.05, 0) is 31.6 Å². The highest BCUT2D eigenvalue weighted by Gasteiger charge is 2.24. The fraction of sp³-hybridized carbons (Fsp3) is 0.917. The summed E-state index contributed by atoms with van der Waals surface area (Å²) in [6.45, 7) is 1.41. The SMILES string of the molecule is N#CC(COCC1CCCC1)NC1CC1. The van der Waals surface area contributed by atoms with E-state index in [2.05, 4.69) is 11.4 Å². The Bertz CT molecular complexity index is 226. The lowest BCUT2D eigenvalue weighted by Crippen LogP contribution is -2.34. The van der Waals surface area contributed by atoms with Crippen LogP contribution in [0.3, 0.4) is 0 Å². The summed E-state index contributed by atoms with van der Waals surface area (Å²) < 4.78 is 5.61. The molecular weight excluding hydrogens is 188 g/mol. The lowest BCUT2D eigenvalue weighted by Gasteiger charge is -2.13. The molecule has 0 aromatic carbocycles. The van der Waals surface area contributed by atoms with Gasteiger partial charge in [0.05, 0.1) is 12.7 Å². The van der Waals surface area contributed by atoms with E-state index in [1.54, 1.807) is 0 Å². The fourth-order valence-corrected chi connectivity index (χ4v) is 2.19. The zero-order valence-electron chi connectivity index (χ0n) is 9.24. The van der Waals surface area contributed by atoms with Crippen molar-refractivity contribution < 1.29 is 4.74 Å². The Kier molecular flexibility index (Phi) is 3.99. The summed E-state index contributed by atoms with van der Waals surface area (Å²) in [4.78, 5) is 0. The van der Waals surface area contributed by atoms with Gasteiger partial charge in [-0.1, -0.05) is 12.8 Å². The molecule has 0 aromatic heterocycles. The first-order valence-electron chi connectivity index (χ1n) is 6.12. The van der Waals surface area contributed by atoms with Crippen molar-refractivity contribution >= 4 is 0 Å². The van der Waals surface area contributed by atoms with Gasteiger partial charge in [-0.25, -0.2) is 0 Å². The largest absolute Gasteiger partial charge is 0.378 e. The Morgan fingerprint density at radius 2 is 2.00 bits per heavy atom. The average Bonchev–Trinajstić information content (AvgIpc) is 2.91. The van der Waals surface area contributed by atoms with Crippen LogP contribution in [0.2, 0.25) is 0 Å². The third-order valence-electron chi connectivity index (χ3n) is 3.28. The summed E-state index contributed by atoms with van der Waals surface area (Å²) in [5.74, 6) is 0.755. The molecule has 0 spiro atoms. The van der Waals surface area contributed by atoms with Crippen LogP contribution in [0.15, 0.2) is 0 Å². The van der Waals surface area contributed by atoms with Gasteiger partial charge in [-0.15, -0.1) is 0 Å². The van der Waals surface area contributed by atoms with Gasteiger partial charge in [-0.3, -0.25) is 5.32 Å². The van der Waals surface area contributed by atoms with Crippen molar-refractivity contribution in [2.24, 2.45) is 5.92 Å². The monoisotopic (exact) mass is 208 g/mol. The average molecular weight is 208 g/mol. The predicted molar refractivity (Wildman–Crippen MR) is 58.3 cm³/mol. The van der Waals surface area contributed by atoms with Crippen LogP contribution in [0.4, 0.5) is 0 Å². The first kappa shape index (κ1) is 10.9. The molecule has 2 rings (SSSR count). The van der Waals surface area contributed by atoms with Crippen LogP contribution >= 0.6 is 0 Å². The van der Waals surface area contributed by atoms with Crippen LogP contribution in [0.1, 0.15) is 38.5 Å². The van der Waals surface area contributed by atoms with E-state index in [1.165, 1.54) is 38.5 Å². The molecule has 0 amide bonds. The van der Waals surface area contributed by atoms with Gasteiger partial charge in [0, 0.05) is 12.6 Å². The lowest BCUT2D eigenvalue weighted by atomic mass is 10.1. The van der Waals surface area contributed by atoms with Crippen molar-refractivity contribution in [3.63, 3.8) is 0 Å². The second-order valence-electron chi connectivity index (χ2n) is 4.81. The topological polar surface area (TPSA) is 45.0 Å². The normalized spacial score (nSPS) is 23.9. The summed E-state index contributed by atoms with van der Waals surface area (Å²) in [5, 5.41) is 12.2. The number of nitrogens with zero attached hydrogens (tertiary/aromatic N) is 1. The number of nitriles is 1. The lowest BCUT2D eigenvalue weighted by molar-refractivity contribution is 0.0922. The summed E-state index contributed by atoms with van der Waals surface area (Å²) in [7, 11) is 0. The van der Waals surface area contributed by atoms with Crippen molar-refractivity contribution in [1.82, 2.24) is 5.32 Å². The van der Waals surface area contributed by atoms with E-state index in [4.69, 9.17) is 10.00 Å². The summed E-state index contributed by atoms with van der Waals surface area (Å²) in [5.41, 5.74) is 0. The Balaban J connectivity index is 1.56. The van der Waals surface area contributed by atoms with Gasteiger partial charge < -0.3 is 4.74 Å². The number of ether oxygens (including phenoxy) is 1. The Morgan fingerprint density at radius 1 is 1.27 bits per heavy atom. The van der Waals surface area contributed by atoms with Crippen LogP contribution in [-0.2, 0) is 4.74 Å². The van der Waals surface area contributed by atoms with Crippen LogP contribution in [-0.4, -0.2) is 25.3 Å². The van der Waals surface area contributed by atoms with Gasteiger partial charge in [-0.2, -0.15) is 5.26 Å². The second kappa shape index (κ2) is 5.48. The minimum Gasteiger partial charge on any atom is -0.378 e. The maximum atomic E-state index is 8.90. The van der Waals surface area contributed by atoms with E-state index in [9.17, 15) is 0 Å². The van der Waals surface area contributed by atoms with Crippen molar-refractivity contribution in [2.45, 2.75) is 50.6 Å². The van der Waals surface area contributed by atoms with Crippen LogP contribution in [0.5, 0.6) is 0 Å². The molecule has 1 unspecified atom stereocenters. The van der Waals surface area contributed by atoms with Crippen LogP contribution < -0.4 is 5.32 Å². The number of hydrogen-bond acceptors (Lipinski definition) is 3. The summed E-state index contributed by atoms with van der Waals surface area (Å²) >= 11 is 0. The highest BCUT2D eigenvalue weighted by molar-refractivity contribution is 4.95. The molecule has 0 bridgehead atoms. The van der Waals surface area contributed by atoms with Gasteiger partial charge in [0.2, 0.25) is 0 Å². The van der Waals surface area contributed by atoms with Crippen molar-refractivity contribution in [3.05, 3.63) is 0 Å². The van der Waals surface area contributed by atoms with Crippen LogP contribution in [0.25, 0.3) is 0 Å². The van der Waals surface area contributed by atoms with E-state index < -0.39 is 0 Å². The van der Waals surface area contributed by atoms with Gasteiger partial charge in [0.15, 0.2) is 0 Å². The molecule has 2 fully saturated rings. The fourth-order valence-electron chi connectivity index (χ4n) is 2.19. The highest BCUT2D eigenvalue weighted by Crippen LogP contribution is 2.24. The van der Waals surface area contributed by atoms with Crippen molar-refractivity contribution in [1.29, 1.82) is 5.26 Å². The van der Waals surface area contributed by atoms with Gasteiger partial charge in [0.1, 0.15) is 6.04 Å². The zero-order chi connectivity index (χ0) is 10.5. The standard InChI is InChI=1S/C12H20N2O/c13-7-12(14-11-5-6-11)9-15-8-10-3-1-2-4-10/h10-12,14H,1-6,8-9H2. The molecule has 3 heteroatoms. The van der Waals surface area contributed by atoms with Crippen molar-refractivity contribution in [3.8, 4) is 6.07 Å². The molecule has 1 atom stereocenters. The second-order valence-corrected chi connectivity index (χ2v) is 4.81. The Labute approximate surface area is 91.8 Å². The summed E-state index contributed by atoms with van der Waals surface area (Å²) in [6, 6.07) is 2.75. The van der Waals surface area contributed by atoms with E-state index in [1.807, 2.05) is 0 Å². The minimum absolute atomic E-state index is 0.0982. The first-order chi connectivity index (χ1) is 7.38. The zero-order valence-corrected chi connectivity index (χ0v) is 9.24. The maximum absolute atomic E-state index is 8.90. The predicted octanol–water partition coefficient (Wildman–Crippen LogP) is 1.84. The van der Waals surface area contributed by atoms with E-state index >= 15 is 0 Å². The molecule has 0 saturated heterocycles. The quantitative estimate of drug-likeness (QED) is 0.724. The van der Waals surface area contributed by atoms with Crippen LogP contribution in [0, 0.1) is 17.2 Å². The molecule has 0 aromatic rings. The first-order valence-corrected chi connectivity index (χ1v) is 6.12. The smallest absolute Gasteiger partial charge is 0.119 e. The number of hydrogen-bond donors (Lipinski definition) is 1. The molecule has 3 nitrogen and oxygen atoms in total. The molecule has 0 aliphatic heterocycles. The molecule has 0 heterocycles. The minimum atomic E-state index is -0.0982. The van der Waals surface area contributed by atoms with Gasteiger partial charge >= 0.3 is 0 Å². The molecule has 2 saturated carbocycles. The number of rotatable bonds is 6. The maximum Gasteiger partial charge on any atom is 0.119 e.